The number of aliphatic carboxylic acids is 1. The zero-order valence-corrected chi connectivity index (χ0v) is 15.5. The molecular weight excluding hydrogens is 402 g/mol. The largest absolute Gasteiger partial charge is 0.480 e. The fourth-order valence-electron chi connectivity index (χ4n) is 2.19. The third-order valence-corrected chi connectivity index (χ3v) is 6.19. The Labute approximate surface area is 147 Å². The Kier molecular flexibility index (Phi) is 6.07. The van der Waals surface area contributed by atoms with Gasteiger partial charge >= 0.3 is 5.97 Å². The van der Waals surface area contributed by atoms with Crippen molar-refractivity contribution in [2.45, 2.75) is 17.4 Å². The lowest BCUT2D eigenvalue weighted by Gasteiger charge is -2.16. The number of rotatable bonds is 7. The van der Waals surface area contributed by atoms with E-state index in [9.17, 15) is 18.3 Å². The molecule has 0 spiro atoms. The maximum atomic E-state index is 12.6. The minimum absolute atomic E-state index is 0.0756. The molecule has 23 heavy (non-hydrogen) atoms. The van der Waals surface area contributed by atoms with Crippen LogP contribution in [0.5, 0.6) is 0 Å². The normalized spacial score (nSPS) is 13.1. The SMILES string of the molecule is CSCCC(NS(=O)(=O)c1ccc(Br)c2ccccc12)C(=O)O. The summed E-state index contributed by atoms with van der Waals surface area (Å²) in [6, 6.07) is 9.05. The van der Waals surface area contributed by atoms with Gasteiger partial charge in [-0.15, -0.1) is 0 Å². The monoisotopic (exact) mass is 417 g/mol. The second-order valence-corrected chi connectivity index (χ2v) is 8.41. The Morgan fingerprint density at radius 1 is 1.26 bits per heavy atom. The number of halogens is 1. The molecule has 0 fully saturated rings. The minimum Gasteiger partial charge on any atom is -0.480 e. The molecule has 1 atom stereocenters. The number of thioether (sulfide) groups is 1. The maximum absolute atomic E-state index is 12.6. The van der Waals surface area contributed by atoms with Gasteiger partial charge in [0.25, 0.3) is 0 Å². The summed E-state index contributed by atoms with van der Waals surface area (Å²) in [5.41, 5.74) is 0. The van der Waals surface area contributed by atoms with Crippen molar-refractivity contribution in [3.8, 4) is 0 Å². The first kappa shape index (κ1) is 18.3. The van der Waals surface area contributed by atoms with E-state index in [4.69, 9.17) is 0 Å². The lowest BCUT2D eigenvalue weighted by Crippen LogP contribution is -2.41. The van der Waals surface area contributed by atoms with E-state index in [1.165, 1.54) is 17.8 Å². The Bertz CT molecular complexity index is 823. The number of hydrogen-bond acceptors (Lipinski definition) is 4. The van der Waals surface area contributed by atoms with E-state index in [1.807, 2.05) is 12.3 Å². The second-order valence-electron chi connectivity index (χ2n) is 4.88. The summed E-state index contributed by atoms with van der Waals surface area (Å²) >= 11 is 4.86. The van der Waals surface area contributed by atoms with Gasteiger partial charge in [0.2, 0.25) is 10.0 Å². The number of nitrogens with one attached hydrogen (secondary N) is 1. The van der Waals surface area contributed by atoms with E-state index < -0.39 is 22.0 Å². The Morgan fingerprint density at radius 3 is 2.52 bits per heavy atom. The number of benzene rings is 2. The summed E-state index contributed by atoms with van der Waals surface area (Å²) < 4.78 is 28.4. The molecule has 1 unspecified atom stereocenters. The fourth-order valence-corrected chi connectivity index (χ4v) is 4.57. The summed E-state index contributed by atoms with van der Waals surface area (Å²) in [7, 11) is -3.94. The maximum Gasteiger partial charge on any atom is 0.321 e. The van der Waals surface area contributed by atoms with Gasteiger partial charge in [-0.1, -0.05) is 40.2 Å². The number of carbonyl (C=O) groups is 1. The molecule has 0 bridgehead atoms. The average molecular weight is 418 g/mol. The van der Waals surface area contributed by atoms with E-state index in [0.717, 1.165) is 9.86 Å². The van der Waals surface area contributed by atoms with Crippen molar-refractivity contribution >= 4 is 54.5 Å². The molecule has 2 rings (SSSR count). The molecular formula is C15H16BrNO4S2. The van der Waals surface area contributed by atoms with Gasteiger partial charge in [-0.05, 0) is 35.9 Å². The molecule has 2 aromatic carbocycles. The first-order chi connectivity index (χ1) is 10.9. The summed E-state index contributed by atoms with van der Waals surface area (Å²) in [5.74, 6) is -0.621. The minimum atomic E-state index is -3.94. The van der Waals surface area contributed by atoms with Crippen molar-refractivity contribution in [3.05, 3.63) is 40.9 Å². The standard InChI is InChI=1S/C15H16BrNO4S2/c1-22-9-8-13(15(18)19)17-23(20,21)14-7-6-12(16)10-4-2-3-5-11(10)14/h2-7,13,17H,8-9H2,1H3,(H,18,19). The second kappa shape index (κ2) is 7.65. The first-order valence-electron chi connectivity index (χ1n) is 6.78. The van der Waals surface area contributed by atoms with Crippen molar-refractivity contribution < 1.29 is 18.3 Å². The van der Waals surface area contributed by atoms with Crippen LogP contribution in [0.4, 0.5) is 0 Å². The molecule has 0 aromatic heterocycles. The van der Waals surface area contributed by atoms with Crippen molar-refractivity contribution in [2.24, 2.45) is 0 Å². The lowest BCUT2D eigenvalue weighted by molar-refractivity contribution is -0.139. The van der Waals surface area contributed by atoms with Gasteiger partial charge in [-0.2, -0.15) is 16.5 Å². The predicted molar refractivity (Wildman–Crippen MR) is 96.4 cm³/mol. The van der Waals surface area contributed by atoms with Crippen molar-refractivity contribution in [1.29, 1.82) is 0 Å². The molecule has 0 radical (unpaired) electrons. The zero-order valence-electron chi connectivity index (χ0n) is 12.3. The third-order valence-electron chi connectivity index (χ3n) is 3.33. The van der Waals surface area contributed by atoms with Gasteiger partial charge < -0.3 is 5.11 Å². The highest BCUT2D eigenvalue weighted by atomic mass is 79.9. The van der Waals surface area contributed by atoms with Crippen LogP contribution in [0.15, 0.2) is 45.8 Å². The quantitative estimate of drug-likeness (QED) is 0.722. The molecule has 8 heteroatoms. The van der Waals surface area contributed by atoms with Gasteiger partial charge in [-0.3, -0.25) is 4.79 Å². The van der Waals surface area contributed by atoms with Gasteiger partial charge in [-0.25, -0.2) is 8.42 Å². The van der Waals surface area contributed by atoms with E-state index in [-0.39, 0.29) is 11.3 Å². The molecule has 0 saturated heterocycles. The van der Waals surface area contributed by atoms with Crippen LogP contribution in [0.25, 0.3) is 10.8 Å². The van der Waals surface area contributed by atoms with Crippen LogP contribution in [-0.4, -0.2) is 37.5 Å². The molecule has 0 amide bonds. The molecule has 2 N–H and O–H groups in total. The molecule has 0 aliphatic heterocycles. The highest BCUT2D eigenvalue weighted by Crippen LogP contribution is 2.29. The van der Waals surface area contributed by atoms with Gasteiger partial charge in [0, 0.05) is 9.86 Å². The van der Waals surface area contributed by atoms with E-state index in [1.54, 1.807) is 24.3 Å². The number of sulfonamides is 1. The van der Waals surface area contributed by atoms with Gasteiger partial charge in [0.1, 0.15) is 6.04 Å². The predicted octanol–water partition coefficient (Wildman–Crippen LogP) is 3.09. The number of hydrogen-bond donors (Lipinski definition) is 2. The molecule has 0 aliphatic carbocycles. The van der Waals surface area contributed by atoms with E-state index >= 15 is 0 Å². The highest BCUT2D eigenvalue weighted by molar-refractivity contribution is 9.10. The van der Waals surface area contributed by atoms with Crippen LogP contribution in [-0.2, 0) is 14.8 Å². The van der Waals surface area contributed by atoms with Crippen molar-refractivity contribution in [1.82, 2.24) is 4.72 Å². The number of carboxylic acid groups (broad SMARTS) is 1. The number of fused-ring (bicyclic) bond motifs is 1. The molecule has 0 aliphatic rings. The number of carboxylic acids is 1. The van der Waals surface area contributed by atoms with Crippen molar-refractivity contribution in [3.63, 3.8) is 0 Å². The fraction of sp³-hybridized carbons (Fsp3) is 0.267. The topological polar surface area (TPSA) is 83.5 Å². The summed E-state index contributed by atoms with van der Waals surface area (Å²) in [6.07, 6.45) is 2.07. The molecule has 2 aromatic rings. The summed E-state index contributed by atoms with van der Waals surface area (Å²) in [6.45, 7) is 0. The van der Waals surface area contributed by atoms with E-state index in [2.05, 4.69) is 20.7 Å². The Hall–Kier alpha value is -1.09. The van der Waals surface area contributed by atoms with Crippen molar-refractivity contribution in [2.75, 3.05) is 12.0 Å². The Morgan fingerprint density at radius 2 is 1.91 bits per heavy atom. The lowest BCUT2D eigenvalue weighted by atomic mass is 10.1. The average Bonchev–Trinajstić information content (AvgIpc) is 2.51. The van der Waals surface area contributed by atoms with Crippen LogP contribution in [0.3, 0.4) is 0 Å². The molecule has 5 nitrogen and oxygen atoms in total. The van der Waals surface area contributed by atoms with Gasteiger partial charge in [0.15, 0.2) is 0 Å². The third kappa shape index (κ3) is 4.26. The highest BCUT2D eigenvalue weighted by Gasteiger charge is 2.26. The van der Waals surface area contributed by atoms with Crippen LogP contribution in [0.1, 0.15) is 6.42 Å². The summed E-state index contributed by atoms with van der Waals surface area (Å²) in [4.78, 5) is 11.4. The van der Waals surface area contributed by atoms with E-state index in [0.29, 0.717) is 11.1 Å². The Balaban J connectivity index is 2.44. The van der Waals surface area contributed by atoms with Crippen LogP contribution >= 0.6 is 27.7 Å². The van der Waals surface area contributed by atoms with Gasteiger partial charge in [0.05, 0.1) is 4.90 Å². The van der Waals surface area contributed by atoms with Crippen LogP contribution in [0.2, 0.25) is 0 Å². The molecule has 124 valence electrons. The first-order valence-corrected chi connectivity index (χ1v) is 10.4. The molecule has 0 saturated carbocycles. The summed E-state index contributed by atoms with van der Waals surface area (Å²) in [5, 5.41) is 10.5. The zero-order chi connectivity index (χ0) is 17.0. The van der Waals surface area contributed by atoms with Crippen LogP contribution in [0, 0.1) is 0 Å². The molecule has 0 heterocycles. The van der Waals surface area contributed by atoms with Crippen LogP contribution < -0.4 is 4.72 Å². The smallest absolute Gasteiger partial charge is 0.321 e.